The fourth-order valence-corrected chi connectivity index (χ4v) is 1.72. The molecule has 1 N–H and O–H groups in total. The quantitative estimate of drug-likeness (QED) is 0.876. The van der Waals surface area contributed by atoms with Crippen molar-refractivity contribution in [2.75, 3.05) is 19.7 Å². The summed E-state index contributed by atoms with van der Waals surface area (Å²) < 4.78 is 24.8. The standard InChI is InChI=1S/C13H17F2NO2/c1-9-4-3-5-11(10(9)2)13(18)16(6-7-17)8-12(14)15/h3-5,12,17H,6-8H2,1-2H3. The number of carbonyl (C=O) groups excluding carboxylic acids is 1. The first-order valence-electron chi connectivity index (χ1n) is 5.72. The molecule has 5 heteroatoms. The number of aliphatic hydroxyl groups excluding tert-OH is 1. The molecular weight excluding hydrogens is 240 g/mol. The van der Waals surface area contributed by atoms with E-state index >= 15 is 0 Å². The molecule has 0 unspecified atom stereocenters. The van der Waals surface area contributed by atoms with Gasteiger partial charge in [0.25, 0.3) is 12.3 Å². The highest BCUT2D eigenvalue weighted by molar-refractivity contribution is 5.96. The third kappa shape index (κ3) is 3.50. The lowest BCUT2D eigenvalue weighted by molar-refractivity contribution is 0.0508. The van der Waals surface area contributed by atoms with Crippen LogP contribution in [0.1, 0.15) is 21.5 Å². The third-order valence-corrected chi connectivity index (χ3v) is 2.85. The number of carbonyl (C=O) groups is 1. The molecule has 1 amide bonds. The minimum Gasteiger partial charge on any atom is -0.395 e. The van der Waals surface area contributed by atoms with Crippen molar-refractivity contribution in [3.8, 4) is 0 Å². The fraction of sp³-hybridized carbons (Fsp3) is 0.462. The number of alkyl halides is 2. The Labute approximate surface area is 105 Å². The summed E-state index contributed by atoms with van der Waals surface area (Å²) in [6.45, 7) is 2.56. The van der Waals surface area contributed by atoms with Gasteiger partial charge in [0.05, 0.1) is 13.2 Å². The number of aliphatic hydroxyl groups is 1. The van der Waals surface area contributed by atoms with E-state index in [-0.39, 0.29) is 13.2 Å². The largest absolute Gasteiger partial charge is 0.395 e. The van der Waals surface area contributed by atoms with Crippen molar-refractivity contribution in [3.05, 3.63) is 34.9 Å². The van der Waals surface area contributed by atoms with Crippen LogP contribution in [0.2, 0.25) is 0 Å². The predicted molar refractivity (Wildman–Crippen MR) is 64.9 cm³/mol. The van der Waals surface area contributed by atoms with Gasteiger partial charge in [0.1, 0.15) is 0 Å². The van der Waals surface area contributed by atoms with Gasteiger partial charge < -0.3 is 10.0 Å². The molecule has 0 aliphatic heterocycles. The maximum atomic E-state index is 12.4. The number of hydrogen-bond donors (Lipinski definition) is 1. The van der Waals surface area contributed by atoms with E-state index in [0.29, 0.717) is 5.56 Å². The molecule has 0 aliphatic rings. The highest BCUT2D eigenvalue weighted by Gasteiger charge is 2.20. The molecule has 0 heterocycles. The van der Waals surface area contributed by atoms with Gasteiger partial charge in [0.2, 0.25) is 0 Å². The molecule has 1 aromatic carbocycles. The molecule has 3 nitrogen and oxygen atoms in total. The maximum absolute atomic E-state index is 12.4. The molecule has 18 heavy (non-hydrogen) atoms. The SMILES string of the molecule is Cc1cccc(C(=O)N(CCO)CC(F)F)c1C. The summed E-state index contributed by atoms with van der Waals surface area (Å²) in [5, 5.41) is 8.83. The summed E-state index contributed by atoms with van der Waals surface area (Å²) >= 11 is 0. The van der Waals surface area contributed by atoms with Crippen LogP contribution in [0.4, 0.5) is 8.78 Å². The van der Waals surface area contributed by atoms with E-state index in [0.717, 1.165) is 16.0 Å². The second kappa shape index (κ2) is 6.44. The van der Waals surface area contributed by atoms with Gasteiger partial charge >= 0.3 is 0 Å². The first-order valence-corrected chi connectivity index (χ1v) is 5.72. The van der Waals surface area contributed by atoms with Gasteiger partial charge in [-0.05, 0) is 31.0 Å². The molecule has 0 atom stereocenters. The first-order chi connectivity index (χ1) is 8.47. The van der Waals surface area contributed by atoms with E-state index in [1.165, 1.54) is 0 Å². The molecule has 0 radical (unpaired) electrons. The smallest absolute Gasteiger partial charge is 0.255 e. The van der Waals surface area contributed by atoms with Crippen LogP contribution < -0.4 is 0 Å². The van der Waals surface area contributed by atoms with Gasteiger partial charge in [-0.2, -0.15) is 0 Å². The van der Waals surface area contributed by atoms with Crippen LogP contribution in [0.15, 0.2) is 18.2 Å². The van der Waals surface area contributed by atoms with Gasteiger partial charge in [-0.25, -0.2) is 8.78 Å². The normalized spacial score (nSPS) is 10.8. The molecule has 0 fully saturated rings. The molecule has 0 aliphatic carbocycles. The Morgan fingerprint density at radius 1 is 1.39 bits per heavy atom. The Morgan fingerprint density at radius 3 is 2.61 bits per heavy atom. The molecule has 0 spiro atoms. The Hall–Kier alpha value is -1.49. The molecule has 0 saturated heterocycles. The Balaban J connectivity index is 2.98. The monoisotopic (exact) mass is 257 g/mol. The number of rotatable bonds is 5. The zero-order valence-corrected chi connectivity index (χ0v) is 10.5. The lowest BCUT2D eigenvalue weighted by Gasteiger charge is -2.22. The number of nitrogens with zero attached hydrogens (tertiary/aromatic N) is 1. The Bertz CT molecular complexity index is 421. The molecule has 0 aromatic heterocycles. The predicted octanol–water partition coefficient (Wildman–Crippen LogP) is 2.00. The van der Waals surface area contributed by atoms with Gasteiger partial charge in [-0.15, -0.1) is 0 Å². The van der Waals surface area contributed by atoms with Crippen LogP contribution in [0.25, 0.3) is 0 Å². The lowest BCUT2D eigenvalue weighted by atomic mass is 10.0. The van der Waals surface area contributed by atoms with Crippen LogP contribution in [0, 0.1) is 13.8 Å². The summed E-state index contributed by atoms with van der Waals surface area (Å²) in [7, 11) is 0. The van der Waals surface area contributed by atoms with Crippen molar-refractivity contribution in [1.29, 1.82) is 0 Å². The van der Waals surface area contributed by atoms with E-state index in [4.69, 9.17) is 5.11 Å². The lowest BCUT2D eigenvalue weighted by Crippen LogP contribution is -2.37. The topological polar surface area (TPSA) is 40.5 Å². The van der Waals surface area contributed by atoms with Gasteiger partial charge in [-0.3, -0.25) is 4.79 Å². The number of aryl methyl sites for hydroxylation is 1. The molecule has 100 valence electrons. The van der Waals surface area contributed by atoms with Gasteiger partial charge in [0, 0.05) is 12.1 Å². The number of benzene rings is 1. The number of amides is 1. The zero-order valence-electron chi connectivity index (χ0n) is 10.5. The first kappa shape index (κ1) is 14.6. The summed E-state index contributed by atoms with van der Waals surface area (Å²) in [4.78, 5) is 13.1. The van der Waals surface area contributed by atoms with Crippen LogP contribution >= 0.6 is 0 Å². The van der Waals surface area contributed by atoms with Crippen molar-refractivity contribution in [3.63, 3.8) is 0 Å². The van der Waals surface area contributed by atoms with Gasteiger partial charge in [-0.1, -0.05) is 12.1 Å². The fourth-order valence-electron chi connectivity index (χ4n) is 1.72. The molecule has 0 bridgehead atoms. The van der Waals surface area contributed by atoms with E-state index < -0.39 is 18.9 Å². The summed E-state index contributed by atoms with van der Waals surface area (Å²) in [5.41, 5.74) is 2.12. The summed E-state index contributed by atoms with van der Waals surface area (Å²) in [5.74, 6) is -0.467. The van der Waals surface area contributed by atoms with Crippen molar-refractivity contribution < 1.29 is 18.7 Å². The zero-order chi connectivity index (χ0) is 13.7. The number of hydrogen-bond acceptors (Lipinski definition) is 2. The van der Waals surface area contributed by atoms with E-state index in [1.54, 1.807) is 19.1 Å². The van der Waals surface area contributed by atoms with E-state index in [1.807, 2.05) is 13.0 Å². The molecule has 0 saturated carbocycles. The van der Waals surface area contributed by atoms with Crippen LogP contribution in [-0.2, 0) is 0 Å². The van der Waals surface area contributed by atoms with Crippen LogP contribution in [-0.4, -0.2) is 42.0 Å². The summed E-state index contributed by atoms with van der Waals surface area (Å²) in [6, 6.07) is 5.19. The van der Waals surface area contributed by atoms with Crippen molar-refractivity contribution >= 4 is 5.91 Å². The van der Waals surface area contributed by atoms with Crippen molar-refractivity contribution in [1.82, 2.24) is 4.90 Å². The molecular formula is C13H17F2NO2. The molecule has 1 rings (SSSR count). The van der Waals surface area contributed by atoms with Crippen molar-refractivity contribution in [2.45, 2.75) is 20.3 Å². The maximum Gasteiger partial charge on any atom is 0.255 e. The Morgan fingerprint density at radius 2 is 2.06 bits per heavy atom. The Kier molecular flexibility index (Phi) is 5.22. The average molecular weight is 257 g/mol. The average Bonchev–Trinajstić information content (AvgIpc) is 2.31. The third-order valence-electron chi connectivity index (χ3n) is 2.85. The van der Waals surface area contributed by atoms with Crippen molar-refractivity contribution in [2.24, 2.45) is 0 Å². The van der Waals surface area contributed by atoms with E-state index in [9.17, 15) is 13.6 Å². The highest BCUT2D eigenvalue weighted by atomic mass is 19.3. The van der Waals surface area contributed by atoms with Crippen LogP contribution in [0.5, 0.6) is 0 Å². The van der Waals surface area contributed by atoms with Crippen LogP contribution in [0.3, 0.4) is 0 Å². The second-order valence-electron chi connectivity index (χ2n) is 4.11. The summed E-state index contributed by atoms with van der Waals surface area (Å²) in [6.07, 6.45) is -2.61. The van der Waals surface area contributed by atoms with E-state index in [2.05, 4.69) is 0 Å². The second-order valence-corrected chi connectivity index (χ2v) is 4.11. The molecule has 1 aromatic rings. The minimum absolute atomic E-state index is 0.0868. The minimum atomic E-state index is -2.61. The van der Waals surface area contributed by atoms with Gasteiger partial charge in [0.15, 0.2) is 0 Å². The number of halogens is 2. The highest BCUT2D eigenvalue weighted by Crippen LogP contribution is 2.15.